The Morgan fingerprint density at radius 1 is 0.346 bits per heavy atom. The maximum Gasteiger partial charge on any atom is 0.232 e. The Labute approximate surface area is 297 Å². The minimum Gasteiger partial charge on any atom is -0.508 e. The molecular weight excluding hydrogens is 660 g/mol. The van der Waals surface area contributed by atoms with Crippen LogP contribution in [0.1, 0.15) is 22.8 Å². The zero-order chi connectivity index (χ0) is 35.9. The maximum absolute atomic E-state index is 9.73. The van der Waals surface area contributed by atoms with Gasteiger partial charge >= 0.3 is 0 Å². The molecule has 2 heterocycles. The third-order valence-electron chi connectivity index (χ3n) is 7.58. The van der Waals surface area contributed by atoms with Crippen LogP contribution < -0.4 is 21.3 Å². The lowest BCUT2D eigenvalue weighted by Gasteiger charge is -2.12. The Morgan fingerprint density at radius 2 is 0.692 bits per heavy atom. The summed E-state index contributed by atoms with van der Waals surface area (Å²) in [6.45, 7) is 0. The molecule has 0 saturated heterocycles. The number of phenolic OH excluding ortho intramolecular Hbond substituents is 4. The van der Waals surface area contributed by atoms with Crippen molar-refractivity contribution in [3.05, 3.63) is 144 Å². The molecule has 7 rings (SSSR count). The van der Waals surface area contributed by atoms with E-state index in [0.717, 1.165) is 11.1 Å². The number of aromatic nitrogens is 6. The van der Waals surface area contributed by atoms with E-state index in [4.69, 9.17) is 0 Å². The van der Waals surface area contributed by atoms with Crippen molar-refractivity contribution in [2.75, 3.05) is 21.3 Å². The predicted molar refractivity (Wildman–Crippen MR) is 197 cm³/mol. The number of anilines is 8. The molecule has 0 aliphatic carbocycles. The first-order valence-corrected chi connectivity index (χ1v) is 16.1. The van der Waals surface area contributed by atoms with Gasteiger partial charge in [0.1, 0.15) is 34.6 Å². The van der Waals surface area contributed by atoms with E-state index in [2.05, 4.69) is 51.2 Å². The molecule has 0 atom stereocenters. The van der Waals surface area contributed by atoms with Gasteiger partial charge < -0.3 is 41.7 Å². The Morgan fingerprint density at radius 3 is 1.10 bits per heavy atom. The number of rotatable bonds is 12. The Bertz CT molecular complexity index is 2000. The zero-order valence-electron chi connectivity index (χ0n) is 27.4. The molecule has 0 bridgehead atoms. The number of nitrogens with zero attached hydrogens (tertiary/aromatic N) is 6. The van der Waals surface area contributed by atoms with E-state index in [1.54, 1.807) is 97.1 Å². The lowest BCUT2D eigenvalue weighted by molar-refractivity contribution is 0.474. The molecule has 5 aromatic carbocycles. The van der Waals surface area contributed by atoms with Gasteiger partial charge in [-0.25, -0.2) is 0 Å². The molecule has 14 heteroatoms. The molecule has 258 valence electrons. The van der Waals surface area contributed by atoms with Crippen LogP contribution >= 0.6 is 0 Å². The van der Waals surface area contributed by atoms with Crippen LogP contribution in [0.4, 0.5) is 46.5 Å². The Kier molecular flexibility index (Phi) is 9.51. The number of aromatic hydroxyl groups is 4. The molecule has 0 unspecified atom stereocenters. The maximum atomic E-state index is 9.73. The fraction of sp³-hybridized carbons (Fsp3) is 0.0526. The topological polar surface area (TPSA) is 206 Å². The summed E-state index contributed by atoms with van der Waals surface area (Å²) in [6, 6.07) is 34.2. The van der Waals surface area contributed by atoms with Gasteiger partial charge in [0.25, 0.3) is 0 Å². The van der Waals surface area contributed by atoms with Gasteiger partial charge in [-0.1, -0.05) is 24.3 Å². The van der Waals surface area contributed by atoms with Crippen LogP contribution in [-0.4, -0.2) is 50.3 Å². The van der Waals surface area contributed by atoms with Crippen molar-refractivity contribution in [2.45, 2.75) is 12.8 Å². The highest BCUT2D eigenvalue weighted by Gasteiger charge is 2.12. The molecule has 8 N–H and O–H groups in total. The molecular formula is C38H32N10O4. The molecule has 0 spiro atoms. The predicted octanol–water partition coefficient (Wildman–Crippen LogP) is 7.04. The van der Waals surface area contributed by atoms with Crippen LogP contribution in [0.5, 0.6) is 23.0 Å². The second-order valence-electron chi connectivity index (χ2n) is 11.7. The van der Waals surface area contributed by atoms with E-state index in [0.29, 0.717) is 71.0 Å². The van der Waals surface area contributed by atoms with Crippen LogP contribution in [0.2, 0.25) is 0 Å². The van der Waals surface area contributed by atoms with Gasteiger partial charge in [-0.15, -0.1) is 0 Å². The molecule has 52 heavy (non-hydrogen) atoms. The third kappa shape index (κ3) is 8.95. The van der Waals surface area contributed by atoms with Gasteiger partial charge in [0.05, 0.1) is 0 Å². The highest BCUT2D eigenvalue weighted by molar-refractivity contribution is 5.61. The van der Waals surface area contributed by atoms with Crippen molar-refractivity contribution in [3.63, 3.8) is 0 Å². The first kappa shape index (κ1) is 33.0. The summed E-state index contributed by atoms with van der Waals surface area (Å²) >= 11 is 0. The van der Waals surface area contributed by atoms with Gasteiger partial charge in [0.15, 0.2) is 0 Å². The lowest BCUT2D eigenvalue weighted by atomic mass is 10.1. The standard InChI is InChI=1S/C38H32N10O4/c49-29-12-4-23(5-13-29)21-33-43-35(39-25-6-14-30(50)15-7-25)48-38(44-33)42-28-3-1-2-24(20-28)22-34-45-36(40-26-8-16-31(51)17-9-26)47-37(46-34)41-27-10-18-32(52)19-11-27/h1-20,49-52H,21-22H2,(H2,39,42,43,44,48)(H2,40,41,45,46,47). The average molecular weight is 693 g/mol. The molecule has 0 aliphatic heterocycles. The monoisotopic (exact) mass is 692 g/mol. The number of benzene rings is 5. The van der Waals surface area contributed by atoms with E-state index in [1.807, 2.05) is 24.3 Å². The number of nitrogens with one attached hydrogen (secondary N) is 4. The normalized spacial score (nSPS) is 10.8. The molecule has 0 aliphatic rings. The second kappa shape index (κ2) is 15.0. The fourth-order valence-corrected chi connectivity index (χ4v) is 5.11. The highest BCUT2D eigenvalue weighted by Crippen LogP contribution is 2.24. The third-order valence-corrected chi connectivity index (χ3v) is 7.58. The molecule has 7 aromatic rings. The molecule has 14 nitrogen and oxygen atoms in total. The van der Waals surface area contributed by atoms with Gasteiger partial charge in [-0.3, -0.25) is 0 Å². The molecule has 0 radical (unpaired) electrons. The van der Waals surface area contributed by atoms with Crippen LogP contribution in [0.15, 0.2) is 121 Å². The molecule has 2 aromatic heterocycles. The summed E-state index contributed by atoms with van der Waals surface area (Å²) in [5, 5.41) is 51.7. The summed E-state index contributed by atoms with van der Waals surface area (Å²) in [5.41, 5.74) is 4.56. The molecule has 0 amide bonds. The van der Waals surface area contributed by atoms with Crippen LogP contribution in [0, 0.1) is 0 Å². The summed E-state index contributed by atoms with van der Waals surface area (Å²) in [6.07, 6.45) is 0.742. The van der Waals surface area contributed by atoms with Crippen LogP contribution in [-0.2, 0) is 12.8 Å². The van der Waals surface area contributed by atoms with E-state index < -0.39 is 0 Å². The van der Waals surface area contributed by atoms with Gasteiger partial charge in [0.2, 0.25) is 23.8 Å². The van der Waals surface area contributed by atoms with E-state index >= 15 is 0 Å². The molecule has 0 saturated carbocycles. The Balaban J connectivity index is 1.15. The average Bonchev–Trinajstić information content (AvgIpc) is 3.12. The van der Waals surface area contributed by atoms with Crippen LogP contribution in [0.25, 0.3) is 0 Å². The first-order valence-electron chi connectivity index (χ1n) is 16.1. The molecule has 0 fully saturated rings. The van der Waals surface area contributed by atoms with Crippen molar-refractivity contribution in [3.8, 4) is 23.0 Å². The second-order valence-corrected chi connectivity index (χ2v) is 11.7. The van der Waals surface area contributed by atoms with E-state index in [1.165, 1.54) is 0 Å². The Hall–Kier alpha value is -7.48. The summed E-state index contributed by atoms with van der Waals surface area (Å²) in [7, 11) is 0. The SMILES string of the molecule is Oc1ccc(Cc2nc(Nc3ccc(O)cc3)nc(Nc3cccc(Cc4nc(Nc5ccc(O)cc5)nc(Nc5ccc(O)cc5)n4)c3)n2)cc1. The van der Waals surface area contributed by atoms with Crippen molar-refractivity contribution in [1.29, 1.82) is 0 Å². The van der Waals surface area contributed by atoms with Crippen molar-refractivity contribution < 1.29 is 20.4 Å². The largest absolute Gasteiger partial charge is 0.508 e. The summed E-state index contributed by atoms with van der Waals surface area (Å²) < 4.78 is 0. The minimum absolute atomic E-state index is 0.139. The first-order chi connectivity index (χ1) is 25.3. The quantitative estimate of drug-likeness (QED) is 0.0605. The minimum atomic E-state index is 0.139. The smallest absolute Gasteiger partial charge is 0.232 e. The summed E-state index contributed by atoms with van der Waals surface area (Å²) in [4.78, 5) is 27.7. The zero-order valence-corrected chi connectivity index (χ0v) is 27.4. The number of hydrogen-bond donors (Lipinski definition) is 8. The van der Waals surface area contributed by atoms with Crippen molar-refractivity contribution in [2.24, 2.45) is 0 Å². The van der Waals surface area contributed by atoms with Crippen molar-refractivity contribution in [1.82, 2.24) is 29.9 Å². The number of phenols is 4. The van der Waals surface area contributed by atoms with Crippen molar-refractivity contribution >= 4 is 46.5 Å². The van der Waals surface area contributed by atoms with E-state index in [9.17, 15) is 20.4 Å². The van der Waals surface area contributed by atoms with Crippen LogP contribution in [0.3, 0.4) is 0 Å². The fourth-order valence-electron chi connectivity index (χ4n) is 5.11. The number of hydrogen-bond acceptors (Lipinski definition) is 14. The summed E-state index contributed by atoms with van der Waals surface area (Å²) in [5.74, 6) is 2.77. The lowest BCUT2D eigenvalue weighted by Crippen LogP contribution is -2.09. The van der Waals surface area contributed by atoms with E-state index in [-0.39, 0.29) is 23.0 Å². The van der Waals surface area contributed by atoms with Gasteiger partial charge in [-0.05, 0) is 108 Å². The van der Waals surface area contributed by atoms with Gasteiger partial charge in [0, 0.05) is 35.6 Å². The highest BCUT2D eigenvalue weighted by atomic mass is 16.3. The van der Waals surface area contributed by atoms with Gasteiger partial charge in [-0.2, -0.15) is 29.9 Å².